The van der Waals surface area contributed by atoms with Gasteiger partial charge in [-0.05, 0) is 36.0 Å². The molecule has 1 heterocycles. The number of H-pyrrole nitrogens is 1. The van der Waals surface area contributed by atoms with Gasteiger partial charge >= 0.3 is 0 Å². The molecule has 0 fully saturated rings. The molecule has 0 aliphatic rings. The van der Waals surface area contributed by atoms with E-state index >= 15 is 0 Å². The molecule has 7 nitrogen and oxygen atoms in total. The Morgan fingerprint density at radius 2 is 1.66 bits per heavy atom. The van der Waals surface area contributed by atoms with Gasteiger partial charge in [-0.2, -0.15) is 0 Å². The molecule has 2 aromatic carbocycles. The van der Waals surface area contributed by atoms with Crippen molar-refractivity contribution in [3.8, 4) is 0 Å². The van der Waals surface area contributed by atoms with Crippen LogP contribution in [0.4, 0.5) is 0 Å². The molecule has 0 bridgehead atoms. The molecule has 0 spiro atoms. The SMILES string of the molecule is CC(C)[C@H](NC(=O)[C@@H](N)Cc1c[nH]c2ccccc12)C(=O)N[C@H](C=O)Cc1ccccc1. The zero-order valence-electron chi connectivity index (χ0n) is 18.4. The molecule has 168 valence electrons. The maximum Gasteiger partial charge on any atom is 0.243 e. The van der Waals surface area contributed by atoms with Crippen LogP contribution in [0.3, 0.4) is 0 Å². The van der Waals surface area contributed by atoms with Crippen LogP contribution in [-0.4, -0.2) is 41.2 Å². The topological polar surface area (TPSA) is 117 Å². The number of nitrogens with two attached hydrogens (primary N) is 1. The van der Waals surface area contributed by atoms with Crippen molar-refractivity contribution in [2.24, 2.45) is 11.7 Å². The second kappa shape index (κ2) is 10.7. The van der Waals surface area contributed by atoms with Gasteiger partial charge in [0.2, 0.25) is 11.8 Å². The van der Waals surface area contributed by atoms with E-state index in [4.69, 9.17) is 5.73 Å². The Hall–Kier alpha value is -3.45. The molecule has 32 heavy (non-hydrogen) atoms. The third-order valence-electron chi connectivity index (χ3n) is 5.49. The lowest BCUT2D eigenvalue weighted by Gasteiger charge is -2.25. The first-order valence-corrected chi connectivity index (χ1v) is 10.8. The first-order valence-electron chi connectivity index (χ1n) is 10.8. The number of hydrogen-bond donors (Lipinski definition) is 4. The van der Waals surface area contributed by atoms with Gasteiger partial charge in [0.05, 0.1) is 12.1 Å². The molecule has 0 radical (unpaired) electrons. The fraction of sp³-hybridized carbons (Fsp3) is 0.320. The number of nitrogens with one attached hydrogen (secondary N) is 3. The van der Waals surface area contributed by atoms with Gasteiger partial charge in [0.25, 0.3) is 0 Å². The molecular formula is C25H30N4O3. The molecule has 0 saturated heterocycles. The van der Waals surface area contributed by atoms with E-state index in [0.29, 0.717) is 19.1 Å². The highest BCUT2D eigenvalue weighted by Crippen LogP contribution is 2.19. The van der Waals surface area contributed by atoms with Crippen LogP contribution in [0, 0.1) is 5.92 Å². The molecule has 3 aromatic rings. The van der Waals surface area contributed by atoms with Crippen LogP contribution in [0.15, 0.2) is 60.8 Å². The third-order valence-corrected chi connectivity index (χ3v) is 5.49. The van der Waals surface area contributed by atoms with Crippen LogP contribution in [-0.2, 0) is 27.2 Å². The fourth-order valence-electron chi connectivity index (χ4n) is 3.70. The van der Waals surface area contributed by atoms with Gasteiger partial charge in [0.15, 0.2) is 0 Å². The molecular weight excluding hydrogens is 404 g/mol. The van der Waals surface area contributed by atoms with E-state index < -0.39 is 29.9 Å². The Balaban J connectivity index is 1.62. The van der Waals surface area contributed by atoms with Crippen LogP contribution in [0.25, 0.3) is 10.9 Å². The van der Waals surface area contributed by atoms with E-state index in [-0.39, 0.29) is 5.92 Å². The van der Waals surface area contributed by atoms with Crippen molar-refractivity contribution in [2.45, 2.75) is 44.8 Å². The molecule has 0 aliphatic carbocycles. The third kappa shape index (κ3) is 5.82. The van der Waals surface area contributed by atoms with Crippen LogP contribution < -0.4 is 16.4 Å². The summed E-state index contributed by atoms with van der Waals surface area (Å²) in [4.78, 5) is 40.3. The van der Waals surface area contributed by atoms with Gasteiger partial charge in [0.1, 0.15) is 12.3 Å². The quantitative estimate of drug-likeness (QED) is 0.366. The maximum absolute atomic E-state index is 12.9. The number of rotatable bonds is 10. The summed E-state index contributed by atoms with van der Waals surface area (Å²) in [6, 6.07) is 15.0. The lowest BCUT2D eigenvalue weighted by molar-refractivity contribution is -0.131. The monoisotopic (exact) mass is 434 g/mol. The van der Waals surface area contributed by atoms with Gasteiger partial charge in [-0.3, -0.25) is 9.59 Å². The number of carbonyl (C=O) groups is 3. The van der Waals surface area contributed by atoms with Crippen LogP contribution >= 0.6 is 0 Å². The minimum absolute atomic E-state index is 0.178. The van der Waals surface area contributed by atoms with Crippen molar-refractivity contribution < 1.29 is 14.4 Å². The molecule has 3 rings (SSSR count). The lowest BCUT2D eigenvalue weighted by atomic mass is 10.00. The van der Waals surface area contributed by atoms with E-state index in [1.54, 1.807) is 0 Å². The largest absolute Gasteiger partial charge is 0.361 e. The number of benzene rings is 2. The number of para-hydroxylation sites is 1. The summed E-state index contributed by atoms with van der Waals surface area (Å²) >= 11 is 0. The number of amides is 2. The predicted molar refractivity (Wildman–Crippen MR) is 125 cm³/mol. The van der Waals surface area contributed by atoms with Crippen molar-refractivity contribution >= 4 is 29.0 Å². The van der Waals surface area contributed by atoms with Crippen molar-refractivity contribution in [3.63, 3.8) is 0 Å². The molecule has 7 heteroatoms. The normalized spacial score (nSPS) is 14.0. The Morgan fingerprint density at radius 3 is 2.34 bits per heavy atom. The van der Waals surface area contributed by atoms with E-state index in [9.17, 15) is 14.4 Å². The van der Waals surface area contributed by atoms with Crippen molar-refractivity contribution in [3.05, 3.63) is 71.9 Å². The van der Waals surface area contributed by atoms with Crippen molar-refractivity contribution in [1.29, 1.82) is 0 Å². The summed E-state index contributed by atoms with van der Waals surface area (Å²) in [5, 5.41) is 6.53. The predicted octanol–water partition coefficient (Wildman–Crippen LogP) is 2.10. The van der Waals surface area contributed by atoms with Crippen LogP contribution in [0.1, 0.15) is 25.0 Å². The molecule has 0 saturated carbocycles. The zero-order valence-corrected chi connectivity index (χ0v) is 18.4. The van der Waals surface area contributed by atoms with E-state index in [0.717, 1.165) is 22.0 Å². The Bertz CT molecular complexity index is 1060. The number of aromatic amines is 1. The zero-order chi connectivity index (χ0) is 23.1. The van der Waals surface area contributed by atoms with Gasteiger partial charge in [-0.25, -0.2) is 0 Å². The van der Waals surface area contributed by atoms with Gasteiger partial charge in [-0.15, -0.1) is 0 Å². The smallest absolute Gasteiger partial charge is 0.243 e. The Kier molecular flexibility index (Phi) is 7.78. The average molecular weight is 435 g/mol. The lowest BCUT2D eigenvalue weighted by Crippen LogP contribution is -2.56. The average Bonchev–Trinajstić information content (AvgIpc) is 3.20. The number of aromatic nitrogens is 1. The molecule has 1 aromatic heterocycles. The summed E-state index contributed by atoms with van der Waals surface area (Å²) in [5.41, 5.74) is 9.03. The molecule has 0 aliphatic heterocycles. The van der Waals surface area contributed by atoms with Crippen molar-refractivity contribution in [1.82, 2.24) is 15.6 Å². The maximum atomic E-state index is 12.9. The number of fused-ring (bicyclic) bond motifs is 1. The molecule has 5 N–H and O–H groups in total. The minimum Gasteiger partial charge on any atom is -0.361 e. The summed E-state index contributed by atoms with van der Waals surface area (Å²) in [5.74, 6) is -0.987. The van der Waals surface area contributed by atoms with Gasteiger partial charge in [0, 0.05) is 17.1 Å². The summed E-state index contributed by atoms with van der Waals surface area (Å²) in [6.45, 7) is 3.67. The molecule has 0 unspecified atom stereocenters. The summed E-state index contributed by atoms with van der Waals surface area (Å²) in [7, 11) is 0. The van der Waals surface area contributed by atoms with Crippen molar-refractivity contribution in [2.75, 3.05) is 0 Å². The summed E-state index contributed by atoms with van der Waals surface area (Å²) in [6.07, 6.45) is 3.29. The number of hydrogen-bond acceptors (Lipinski definition) is 4. The first kappa shape index (κ1) is 23.2. The first-order chi connectivity index (χ1) is 15.4. The highest BCUT2D eigenvalue weighted by atomic mass is 16.2. The van der Waals surface area contributed by atoms with Gasteiger partial charge in [-0.1, -0.05) is 62.4 Å². The standard InChI is InChI=1S/C25H30N4O3/c1-16(2)23(25(32)28-19(15-30)12-17-8-4-3-5-9-17)29-24(31)21(26)13-18-14-27-22-11-7-6-10-20(18)22/h3-11,14-16,19,21,23,27H,12-13,26H2,1-2H3,(H,28,32)(H,29,31)/t19-,21-,23-/m0/s1. The molecule has 2 amide bonds. The van der Waals surface area contributed by atoms with E-state index in [2.05, 4.69) is 15.6 Å². The second-order valence-electron chi connectivity index (χ2n) is 8.34. The second-order valence-corrected chi connectivity index (χ2v) is 8.34. The highest BCUT2D eigenvalue weighted by molar-refractivity contribution is 5.91. The molecule has 3 atom stereocenters. The number of aldehydes is 1. The van der Waals surface area contributed by atoms with E-state index in [1.807, 2.05) is 74.6 Å². The van der Waals surface area contributed by atoms with E-state index in [1.165, 1.54) is 0 Å². The van der Waals surface area contributed by atoms with Crippen LogP contribution in [0.2, 0.25) is 0 Å². The Labute approximate surface area is 187 Å². The highest BCUT2D eigenvalue weighted by Gasteiger charge is 2.28. The fourth-order valence-corrected chi connectivity index (χ4v) is 3.70. The Morgan fingerprint density at radius 1 is 0.969 bits per heavy atom. The van der Waals surface area contributed by atoms with Gasteiger partial charge < -0.3 is 26.1 Å². The minimum atomic E-state index is -0.811. The van der Waals surface area contributed by atoms with Crippen LogP contribution in [0.5, 0.6) is 0 Å². The number of carbonyl (C=O) groups excluding carboxylic acids is 3. The summed E-state index contributed by atoms with van der Waals surface area (Å²) < 4.78 is 0.